The Hall–Kier alpha value is -1.71. The Morgan fingerprint density at radius 3 is 2.73 bits per heavy atom. The monoisotopic (exact) mass is 298 g/mol. The second kappa shape index (κ2) is 6.59. The molecule has 0 bridgehead atoms. The molecule has 0 saturated carbocycles. The van der Waals surface area contributed by atoms with E-state index in [1.165, 1.54) is 17.2 Å². The highest BCUT2D eigenvalue weighted by Gasteiger charge is 2.26. The fourth-order valence-electron chi connectivity index (χ4n) is 3.39. The second-order valence-electron chi connectivity index (χ2n) is 6.39. The fraction of sp³-hybridized carbons (Fsp3) is 0.368. The minimum Gasteiger partial charge on any atom is -0.327 e. The summed E-state index contributed by atoms with van der Waals surface area (Å²) in [6.45, 7) is 4.51. The summed E-state index contributed by atoms with van der Waals surface area (Å²) in [5.74, 6) is 0.296. The number of halogens is 1. The van der Waals surface area contributed by atoms with Crippen molar-refractivity contribution in [1.82, 2.24) is 4.90 Å². The van der Waals surface area contributed by atoms with Gasteiger partial charge in [0.25, 0.3) is 0 Å². The van der Waals surface area contributed by atoms with Gasteiger partial charge in [0.2, 0.25) is 0 Å². The van der Waals surface area contributed by atoms with Crippen molar-refractivity contribution in [3.8, 4) is 0 Å². The summed E-state index contributed by atoms with van der Waals surface area (Å²) in [5, 5.41) is 0. The summed E-state index contributed by atoms with van der Waals surface area (Å²) in [6.07, 6.45) is 0.997. The van der Waals surface area contributed by atoms with E-state index in [2.05, 4.69) is 36.1 Å². The third-order valence-electron chi connectivity index (χ3n) is 4.42. The molecule has 0 spiro atoms. The fourth-order valence-corrected chi connectivity index (χ4v) is 3.39. The molecule has 3 heteroatoms. The van der Waals surface area contributed by atoms with Crippen LogP contribution in [0.3, 0.4) is 0 Å². The van der Waals surface area contributed by atoms with Crippen LogP contribution in [0.15, 0.2) is 48.5 Å². The van der Waals surface area contributed by atoms with Crippen LogP contribution in [0.1, 0.15) is 29.0 Å². The lowest BCUT2D eigenvalue weighted by Gasteiger charge is -2.36. The predicted octanol–water partition coefficient (Wildman–Crippen LogP) is 3.45. The van der Waals surface area contributed by atoms with E-state index < -0.39 is 0 Å². The zero-order chi connectivity index (χ0) is 15.5. The average Bonchev–Trinajstić information content (AvgIpc) is 2.49. The van der Waals surface area contributed by atoms with E-state index in [-0.39, 0.29) is 11.9 Å². The van der Waals surface area contributed by atoms with Crippen LogP contribution >= 0.6 is 0 Å². The van der Waals surface area contributed by atoms with E-state index in [0.29, 0.717) is 12.5 Å². The first kappa shape index (κ1) is 15.2. The zero-order valence-electron chi connectivity index (χ0n) is 13.0. The van der Waals surface area contributed by atoms with Crippen LogP contribution in [-0.2, 0) is 6.54 Å². The van der Waals surface area contributed by atoms with Gasteiger partial charge in [0.1, 0.15) is 5.82 Å². The molecule has 1 saturated heterocycles. The third-order valence-corrected chi connectivity index (χ3v) is 4.42. The first-order chi connectivity index (χ1) is 10.6. The molecule has 2 aromatic rings. The molecule has 2 nitrogen and oxygen atoms in total. The van der Waals surface area contributed by atoms with Crippen LogP contribution in [0.4, 0.5) is 4.39 Å². The molecule has 2 N–H and O–H groups in total. The van der Waals surface area contributed by atoms with E-state index in [0.717, 1.165) is 25.1 Å². The van der Waals surface area contributed by atoms with Crippen LogP contribution in [0.5, 0.6) is 0 Å². The van der Waals surface area contributed by atoms with Gasteiger partial charge >= 0.3 is 0 Å². The number of hydrogen-bond acceptors (Lipinski definition) is 2. The van der Waals surface area contributed by atoms with Crippen LogP contribution < -0.4 is 5.73 Å². The topological polar surface area (TPSA) is 29.3 Å². The summed E-state index contributed by atoms with van der Waals surface area (Å²) in [5.41, 5.74) is 9.61. The minimum absolute atomic E-state index is 0.131. The highest BCUT2D eigenvalue weighted by atomic mass is 19.1. The standard InChI is InChI=1S/C19H23FN2/c1-14-5-4-7-15(9-14)17-10-18(21)13-22(12-17)11-16-6-2-3-8-19(16)20/h2-9,17-18H,10-13,21H2,1H3. The third kappa shape index (κ3) is 3.54. The summed E-state index contributed by atoms with van der Waals surface area (Å²) in [7, 11) is 0. The van der Waals surface area contributed by atoms with Crippen molar-refractivity contribution in [1.29, 1.82) is 0 Å². The van der Waals surface area contributed by atoms with Gasteiger partial charge in [0.15, 0.2) is 0 Å². The molecule has 1 heterocycles. The first-order valence-electron chi connectivity index (χ1n) is 7.89. The van der Waals surface area contributed by atoms with E-state index >= 15 is 0 Å². The van der Waals surface area contributed by atoms with Crippen molar-refractivity contribution in [3.63, 3.8) is 0 Å². The van der Waals surface area contributed by atoms with E-state index in [9.17, 15) is 4.39 Å². The molecule has 3 rings (SSSR count). The number of rotatable bonds is 3. The summed E-state index contributed by atoms with van der Waals surface area (Å²) in [4.78, 5) is 2.28. The molecule has 2 aromatic carbocycles. The minimum atomic E-state index is -0.131. The Bertz CT molecular complexity index is 641. The Kier molecular flexibility index (Phi) is 4.55. The first-order valence-corrected chi connectivity index (χ1v) is 7.89. The van der Waals surface area contributed by atoms with Crippen LogP contribution in [0.25, 0.3) is 0 Å². The number of nitrogens with zero attached hydrogens (tertiary/aromatic N) is 1. The number of hydrogen-bond donors (Lipinski definition) is 1. The number of likely N-dealkylation sites (tertiary alicyclic amines) is 1. The largest absolute Gasteiger partial charge is 0.327 e. The molecule has 116 valence electrons. The Morgan fingerprint density at radius 2 is 1.95 bits per heavy atom. The Morgan fingerprint density at radius 1 is 1.14 bits per heavy atom. The SMILES string of the molecule is Cc1cccc(C2CC(N)CN(Cc3ccccc3F)C2)c1. The lowest BCUT2D eigenvalue weighted by molar-refractivity contribution is 0.179. The van der Waals surface area contributed by atoms with Gasteiger partial charge in [-0.2, -0.15) is 0 Å². The van der Waals surface area contributed by atoms with Gasteiger partial charge in [-0.15, -0.1) is 0 Å². The molecule has 2 atom stereocenters. The average molecular weight is 298 g/mol. The van der Waals surface area contributed by atoms with Crippen molar-refractivity contribution in [2.75, 3.05) is 13.1 Å². The van der Waals surface area contributed by atoms with E-state index in [1.807, 2.05) is 12.1 Å². The normalized spacial score (nSPS) is 22.7. The van der Waals surface area contributed by atoms with Crippen molar-refractivity contribution in [2.24, 2.45) is 5.73 Å². The predicted molar refractivity (Wildman–Crippen MR) is 88.2 cm³/mol. The van der Waals surface area contributed by atoms with Crippen molar-refractivity contribution in [2.45, 2.75) is 31.8 Å². The molecule has 2 unspecified atom stereocenters. The number of nitrogens with two attached hydrogens (primary N) is 1. The highest BCUT2D eigenvalue weighted by Crippen LogP contribution is 2.28. The van der Waals surface area contributed by atoms with E-state index in [1.54, 1.807) is 6.07 Å². The van der Waals surface area contributed by atoms with Crippen LogP contribution in [0, 0.1) is 12.7 Å². The smallest absolute Gasteiger partial charge is 0.127 e. The lowest BCUT2D eigenvalue weighted by atomic mass is 9.87. The van der Waals surface area contributed by atoms with Gasteiger partial charge in [0.05, 0.1) is 0 Å². The summed E-state index contributed by atoms with van der Waals surface area (Å²) in [6, 6.07) is 15.8. The maximum Gasteiger partial charge on any atom is 0.127 e. The van der Waals surface area contributed by atoms with Gasteiger partial charge in [-0.05, 0) is 30.9 Å². The molecule has 1 fully saturated rings. The number of benzene rings is 2. The van der Waals surface area contributed by atoms with Gasteiger partial charge in [0, 0.05) is 31.2 Å². The van der Waals surface area contributed by atoms with Crippen molar-refractivity contribution < 1.29 is 4.39 Å². The van der Waals surface area contributed by atoms with Crippen molar-refractivity contribution in [3.05, 3.63) is 71.0 Å². The second-order valence-corrected chi connectivity index (χ2v) is 6.39. The van der Waals surface area contributed by atoms with Gasteiger partial charge in [-0.1, -0.05) is 48.0 Å². The zero-order valence-corrected chi connectivity index (χ0v) is 13.0. The van der Waals surface area contributed by atoms with Crippen molar-refractivity contribution >= 4 is 0 Å². The number of piperidine rings is 1. The lowest BCUT2D eigenvalue weighted by Crippen LogP contribution is -2.45. The Balaban J connectivity index is 1.75. The van der Waals surface area contributed by atoms with E-state index in [4.69, 9.17) is 5.73 Å². The quantitative estimate of drug-likeness (QED) is 0.940. The maximum absolute atomic E-state index is 13.9. The van der Waals surface area contributed by atoms with Crippen LogP contribution in [-0.4, -0.2) is 24.0 Å². The molecule has 1 aliphatic rings. The van der Waals surface area contributed by atoms with Gasteiger partial charge < -0.3 is 5.73 Å². The van der Waals surface area contributed by atoms with Gasteiger partial charge in [-0.25, -0.2) is 4.39 Å². The summed E-state index contributed by atoms with van der Waals surface area (Å²) < 4.78 is 13.9. The molecule has 0 aliphatic carbocycles. The number of aryl methyl sites for hydroxylation is 1. The Labute approximate surface area is 131 Å². The van der Waals surface area contributed by atoms with Crippen LogP contribution in [0.2, 0.25) is 0 Å². The molecule has 0 aromatic heterocycles. The molecule has 22 heavy (non-hydrogen) atoms. The summed E-state index contributed by atoms with van der Waals surface area (Å²) >= 11 is 0. The highest BCUT2D eigenvalue weighted by molar-refractivity contribution is 5.27. The molecule has 1 aliphatic heterocycles. The maximum atomic E-state index is 13.9. The molecular formula is C19H23FN2. The molecule has 0 radical (unpaired) electrons. The molecule has 0 amide bonds. The van der Waals surface area contributed by atoms with Gasteiger partial charge in [-0.3, -0.25) is 4.90 Å². The molecular weight excluding hydrogens is 275 g/mol.